The maximum absolute atomic E-state index is 12.8. The van der Waals surface area contributed by atoms with Crippen LogP contribution in [0.2, 0.25) is 0 Å². The predicted octanol–water partition coefficient (Wildman–Crippen LogP) is 2.53. The predicted molar refractivity (Wildman–Crippen MR) is 95.6 cm³/mol. The Bertz CT molecular complexity index is 846. The summed E-state index contributed by atoms with van der Waals surface area (Å²) in [5, 5.41) is 2.62. The maximum Gasteiger partial charge on any atom is 0.270 e. The largest absolute Gasteiger partial charge is 0.497 e. The average Bonchev–Trinajstić information content (AvgIpc) is 2.59. The highest BCUT2D eigenvalue weighted by atomic mass is 32.1. The van der Waals surface area contributed by atoms with Gasteiger partial charge in [0.05, 0.1) is 12.8 Å². The minimum atomic E-state index is -0.514. The minimum Gasteiger partial charge on any atom is -0.497 e. The van der Waals surface area contributed by atoms with E-state index in [0.29, 0.717) is 17.0 Å². The average molecular weight is 338 g/mol. The molecule has 5 nitrogen and oxygen atoms in total. The monoisotopic (exact) mass is 338 g/mol. The molecule has 1 aliphatic rings. The van der Waals surface area contributed by atoms with Crippen LogP contribution in [-0.2, 0) is 9.59 Å². The number of para-hydroxylation sites is 1. The fourth-order valence-corrected chi connectivity index (χ4v) is 2.65. The molecular weight excluding hydrogens is 324 g/mol. The Morgan fingerprint density at radius 3 is 2.54 bits per heavy atom. The van der Waals surface area contributed by atoms with Crippen molar-refractivity contribution < 1.29 is 14.3 Å². The molecule has 0 spiro atoms. The van der Waals surface area contributed by atoms with Crippen LogP contribution in [0.3, 0.4) is 0 Å². The van der Waals surface area contributed by atoms with Crippen molar-refractivity contribution in [3.63, 3.8) is 0 Å². The van der Waals surface area contributed by atoms with E-state index in [0.717, 1.165) is 0 Å². The highest BCUT2D eigenvalue weighted by molar-refractivity contribution is 7.80. The third-order valence-corrected chi connectivity index (χ3v) is 3.81. The van der Waals surface area contributed by atoms with Crippen molar-refractivity contribution in [3.8, 4) is 5.75 Å². The highest BCUT2D eigenvalue weighted by Gasteiger charge is 2.34. The molecule has 0 radical (unpaired) electrons. The molecule has 1 fully saturated rings. The smallest absolute Gasteiger partial charge is 0.270 e. The number of amides is 2. The molecule has 2 aromatic rings. The van der Waals surface area contributed by atoms with Crippen LogP contribution in [-0.4, -0.2) is 24.0 Å². The molecule has 1 N–H and O–H groups in total. The van der Waals surface area contributed by atoms with Crippen molar-refractivity contribution in [2.45, 2.75) is 0 Å². The molecule has 6 heteroatoms. The Balaban J connectivity index is 2.00. The van der Waals surface area contributed by atoms with Gasteiger partial charge in [-0.2, -0.15) is 0 Å². The number of rotatable bonds is 3. The van der Waals surface area contributed by atoms with Crippen LogP contribution in [0.5, 0.6) is 5.75 Å². The first-order chi connectivity index (χ1) is 11.6. The summed E-state index contributed by atoms with van der Waals surface area (Å²) in [4.78, 5) is 26.3. The van der Waals surface area contributed by atoms with Gasteiger partial charge in [0.1, 0.15) is 11.3 Å². The van der Waals surface area contributed by atoms with Gasteiger partial charge in [-0.15, -0.1) is 0 Å². The molecule has 120 valence electrons. The van der Waals surface area contributed by atoms with Gasteiger partial charge < -0.3 is 4.74 Å². The number of carbonyl (C=O) groups excluding carboxylic acids is 2. The lowest BCUT2D eigenvalue weighted by atomic mass is 10.1. The van der Waals surface area contributed by atoms with Gasteiger partial charge in [0.2, 0.25) is 0 Å². The third-order valence-electron chi connectivity index (χ3n) is 3.52. The number of anilines is 1. The summed E-state index contributed by atoms with van der Waals surface area (Å²) >= 11 is 5.15. The van der Waals surface area contributed by atoms with Crippen LogP contribution in [0.25, 0.3) is 6.08 Å². The van der Waals surface area contributed by atoms with E-state index in [2.05, 4.69) is 5.32 Å². The first-order valence-electron chi connectivity index (χ1n) is 7.20. The number of nitrogens with zero attached hydrogens (tertiary/aromatic N) is 1. The van der Waals surface area contributed by atoms with Crippen LogP contribution in [0.15, 0.2) is 60.2 Å². The Morgan fingerprint density at radius 2 is 1.83 bits per heavy atom. The lowest BCUT2D eigenvalue weighted by Crippen LogP contribution is -2.54. The zero-order valence-corrected chi connectivity index (χ0v) is 13.7. The van der Waals surface area contributed by atoms with E-state index in [1.165, 1.54) is 11.0 Å². The lowest BCUT2D eigenvalue weighted by Gasteiger charge is -2.28. The number of thiocarbonyl (C=S) groups is 1. The quantitative estimate of drug-likeness (QED) is 0.531. The molecule has 3 rings (SSSR count). The van der Waals surface area contributed by atoms with Gasteiger partial charge in [0, 0.05) is 0 Å². The zero-order chi connectivity index (χ0) is 17.1. The second-order valence-corrected chi connectivity index (χ2v) is 5.46. The number of hydrogen-bond donors (Lipinski definition) is 1. The van der Waals surface area contributed by atoms with E-state index >= 15 is 0 Å². The van der Waals surface area contributed by atoms with E-state index in [1.807, 2.05) is 6.07 Å². The van der Waals surface area contributed by atoms with Gasteiger partial charge in [0.25, 0.3) is 11.8 Å². The van der Waals surface area contributed by atoms with E-state index in [1.54, 1.807) is 55.6 Å². The van der Waals surface area contributed by atoms with Gasteiger partial charge in [-0.3, -0.25) is 19.8 Å². The van der Waals surface area contributed by atoms with Crippen LogP contribution < -0.4 is 15.0 Å². The summed E-state index contributed by atoms with van der Waals surface area (Å²) in [6.07, 6.45) is 1.53. The summed E-state index contributed by atoms with van der Waals surface area (Å²) in [6.45, 7) is 0. The molecule has 0 unspecified atom stereocenters. The second-order valence-electron chi connectivity index (χ2n) is 5.07. The van der Waals surface area contributed by atoms with Crippen LogP contribution in [0.1, 0.15) is 5.56 Å². The summed E-state index contributed by atoms with van der Waals surface area (Å²) < 4.78 is 5.16. The minimum absolute atomic E-state index is 0.0145. The van der Waals surface area contributed by atoms with Gasteiger partial charge in [-0.25, -0.2) is 0 Å². The van der Waals surface area contributed by atoms with E-state index < -0.39 is 11.8 Å². The molecule has 0 atom stereocenters. The number of benzene rings is 2. The van der Waals surface area contributed by atoms with Crippen molar-refractivity contribution in [2.75, 3.05) is 12.0 Å². The van der Waals surface area contributed by atoms with Crippen molar-refractivity contribution in [3.05, 3.63) is 65.7 Å². The van der Waals surface area contributed by atoms with Crippen LogP contribution in [0, 0.1) is 0 Å². The lowest BCUT2D eigenvalue weighted by molar-refractivity contribution is -0.122. The van der Waals surface area contributed by atoms with Crippen molar-refractivity contribution in [1.29, 1.82) is 0 Å². The normalized spacial score (nSPS) is 16.3. The van der Waals surface area contributed by atoms with Gasteiger partial charge >= 0.3 is 0 Å². The summed E-state index contributed by atoms with van der Waals surface area (Å²) in [5.41, 5.74) is 1.30. The summed E-state index contributed by atoms with van der Waals surface area (Å²) in [5.74, 6) is -0.332. The fourth-order valence-electron chi connectivity index (χ4n) is 2.37. The molecule has 0 saturated carbocycles. The highest BCUT2D eigenvalue weighted by Crippen LogP contribution is 2.22. The fraction of sp³-hybridized carbons (Fsp3) is 0.0556. The molecule has 24 heavy (non-hydrogen) atoms. The SMILES string of the molecule is COc1cccc(/C=C2/C(=O)NC(=S)N(c3ccccc3)C2=O)c1. The van der Waals surface area contributed by atoms with Crippen molar-refractivity contribution in [2.24, 2.45) is 0 Å². The molecule has 1 saturated heterocycles. The summed E-state index contributed by atoms with van der Waals surface area (Å²) in [7, 11) is 1.56. The number of hydrogen-bond acceptors (Lipinski definition) is 4. The topological polar surface area (TPSA) is 58.6 Å². The first-order valence-corrected chi connectivity index (χ1v) is 7.61. The number of methoxy groups -OCH3 is 1. The second kappa shape index (κ2) is 6.64. The van der Waals surface area contributed by atoms with Crippen molar-refractivity contribution >= 4 is 40.9 Å². The molecule has 1 aliphatic heterocycles. The Morgan fingerprint density at radius 1 is 1.08 bits per heavy atom. The maximum atomic E-state index is 12.8. The molecular formula is C18H14N2O3S. The third kappa shape index (κ3) is 3.04. The first kappa shape index (κ1) is 15.9. The van der Waals surface area contributed by atoms with Gasteiger partial charge in [0.15, 0.2) is 5.11 Å². The molecule has 1 heterocycles. The van der Waals surface area contributed by atoms with Gasteiger partial charge in [-0.05, 0) is 48.1 Å². The van der Waals surface area contributed by atoms with E-state index in [4.69, 9.17) is 17.0 Å². The molecule has 0 bridgehead atoms. The van der Waals surface area contributed by atoms with Crippen molar-refractivity contribution in [1.82, 2.24) is 5.32 Å². The molecule has 0 aliphatic carbocycles. The number of nitrogens with one attached hydrogen (secondary N) is 1. The van der Waals surface area contributed by atoms with E-state index in [-0.39, 0.29) is 10.7 Å². The Kier molecular flexibility index (Phi) is 4.39. The molecule has 0 aromatic heterocycles. The Labute approximate surface area is 144 Å². The van der Waals surface area contributed by atoms with Crippen LogP contribution in [0.4, 0.5) is 5.69 Å². The zero-order valence-electron chi connectivity index (χ0n) is 12.9. The number of ether oxygens (including phenoxy) is 1. The summed E-state index contributed by atoms with van der Waals surface area (Å²) in [6, 6.07) is 16.1. The Hall–Kier alpha value is -2.99. The van der Waals surface area contributed by atoms with E-state index in [9.17, 15) is 9.59 Å². The van der Waals surface area contributed by atoms with Gasteiger partial charge in [-0.1, -0.05) is 30.3 Å². The molecule has 2 aromatic carbocycles. The number of carbonyl (C=O) groups is 2. The molecule has 2 amide bonds. The van der Waals surface area contributed by atoms with Crippen LogP contribution >= 0.6 is 12.2 Å². The standard InChI is InChI=1S/C18H14N2O3S/c1-23-14-9-5-6-12(10-14)11-15-16(21)19-18(24)20(17(15)22)13-7-3-2-4-8-13/h2-11H,1H3,(H,19,21,24)/b15-11-.